The molecule has 0 bridgehead atoms. The molecule has 0 aliphatic heterocycles. The lowest BCUT2D eigenvalue weighted by Crippen LogP contribution is -2.37. The van der Waals surface area contributed by atoms with Crippen LogP contribution in [0.25, 0.3) is 11.2 Å². The Balaban J connectivity index is 1.74. The van der Waals surface area contributed by atoms with Gasteiger partial charge in [0.25, 0.3) is 5.56 Å². The van der Waals surface area contributed by atoms with E-state index in [-0.39, 0.29) is 0 Å². The zero-order chi connectivity index (χ0) is 23.5. The number of fused-ring (bicyclic) bond motifs is 1. The summed E-state index contributed by atoms with van der Waals surface area (Å²) in [5.41, 5.74) is 5.73. The first kappa shape index (κ1) is 22.1. The molecule has 33 heavy (non-hydrogen) atoms. The van der Waals surface area contributed by atoms with Crippen molar-refractivity contribution < 1.29 is 4.74 Å². The van der Waals surface area contributed by atoms with Crippen LogP contribution in [0.15, 0.2) is 63.2 Å². The lowest BCUT2D eigenvalue weighted by molar-refractivity contribution is 0.340. The number of hydrazone groups is 1. The quantitative estimate of drug-likeness (QED) is 0.348. The fraction of sp³-hybridized carbons (Fsp3) is 0.250. The Morgan fingerprint density at radius 1 is 1.09 bits per heavy atom. The van der Waals surface area contributed by atoms with Gasteiger partial charge in [-0.2, -0.15) is 10.1 Å². The van der Waals surface area contributed by atoms with E-state index in [0.29, 0.717) is 30.3 Å². The van der Waals surface area contributed by atoms with Crippen LogP contribution in [0.2, 0.25) is 0 Å². The summed E-state index contributed by atoms with van der Waals surface area (Å²) in [6, 6.07) is 15.5. The fourth-order valence-corrected chi connectivity index (χ4v) is 3.66. The normalized spacial score (nSPS) is 11.4. The van der Waals surface area contributed by atoms with Crippen LogP contribution in [0, 0.1) is 6.92 Å². The largest absolute Gasteiger partial charge is 0.494 e. The van der Waals surface area contributed by atoms with Crippen LogP contribution in [0.5, 0.6) is 5.75 Å². The maximum Gasteiger partial charge on any atom is 0.332 e. The van der Waals surface area contributed by atoms with Crippen LogP contribution < -0.4 is 21.4 Å². The Morgan fingerprint density at radius 3 is 2.55 bits per heavy atom. The molecule has 4 rings (SSSR count). The van der Waals surface area contributed by atoms with Gasteiger partial charge in [0, 0.05) is 14.1 Å². The van der Waals surface area contributed by atoms with Crippen LogP contribution in [-0.4, -0.2) is 31.5 Å². The molecule has 0 amide bonds. The number of ether oxygens (including phenoxy) is 1. The van der Waals surface area contributed by atoms with Crippen molar-refractivity contribution in [2.45, 2.75) is 20.4 Å². The van der Waals surface area contributed by atoms with Gasteiger partial charge in [0.05, 0.1) is 19.4 Å². The van der Waals surface area contributed by atoms with E-state index in [0.717, 1.165) is 27.0 Å². The maximum absolute atomic E-state index is 13.0. The van der Waals surface area contributed by atoms with Crippen molar-refractivity contribution in [3.05, 3.63) is 86.1 Å². The summed E-state index contributed by atoms with van der Waals surface area (Å²) in [6.45, 7) is 4.95. The number of hydrogen-bond donors (Lipinski definition) is 1. The lowest BCUT2D eigenvalue weighted by Gasteiger charge is -2.10. The van der Waals surface area contributed by atoms with Gasteiger partial charge in [-0.25, -0.2) is 10.2 Å². The monoisotopic (exact) mass is 446 g/mol. The number of rotatable bonds is 7. The van der Waals surface area contributed by atoms with E-state index in [4.69, 9.17) is 4.74 Å². The number of anilines is 1. The van der Waals surface area contributed by atoms with E-state index in [1.54, 1.807) is 17.8 Å². The van der Waals surface area contributed by atoms with Gasteiger partial charge in [-0.15, -0.1) is 0 Å². The highest BCUT2D eigenvalue weighted by molar-refractivity contribution is 5.80. The molecule has 0 saturated carbocycles. The predicted octanol–water partition coefficient (Wildman–Crippen LogP) is 2.64. The van der Waals surface area contributed by atoms with Gasteiger partial charge >= 0.3 is 5.69 Å². The van der Waals surface area contributed by atoms with Crippen molar-refractivity contribution in [1.29, 1.82) is 0 Å². The van der Waals surface area contributed by atoms with E-state index >= 15 is 0 Å². The number of hydrogen-bond acceptors (Lipinski definition) is 6. The summed E-state index contributed by atoms with van der Waals surface area (Å²) in [5.74, 6) is 1.16. The Kier molecular flexibility index (Phi) is 6.12. The summed E-state index contributed by atoms with van der Waals surface area (Å²) in [6.07, 6.45) is 1.66. The minimum atomic E-state index is -0.433. The van der Waals surface area contributed by atoms with E-state index in [9.17, 15) is 9.59 Å². The summed E-state index contributed by atoms with van der Waals surface area (Å²) >= 11 is 0. The van der Waals surface area contributed by atoms with Gasteiger partial charge in [-0.3, -0.25) is 18.5 Å². The van der Waals surface area contributed by atoms with Crippen molar-refractivity contribution in [2.24, 2.45) is 19.2 Å². The first-order valence-corrected chi connectivity index (χ1v) is 10.6. The molecule has 9 nitrogen and oxygen atoms in total. The molecule has 170 valence electrons. The Hall–Kier alpha value is -4.14. The van der Waals surface area contributed by atoms with Gasteiger partial charge in [0.2, 0.25) is 5.95 Å². The molecule has 2 heterocycles. The maximum atomic E-state index is 13.0. The third-order valence-corrected chi connectivity index (χ3v) is 5.34. The van der Waals surface area contributed by atoms with Gasteiger partial charge in [0.1, 0.15) is 5.75 Å². The predicted molar refractivity (Wildman–Crippen MR) is 129 cm³/mol. The molecule has 0 fully saturated rings. The summed E-state index contributed by atoms with van der Waals surface area (Å²) < 4.78 is 9.66. The van der Waals surface area contributed by atoms with Gasteiger partial charge in [-0.1, -0.05) is 29.8 Å². The number of imidazole rings is 1. The number of nitrogens with zero attached hydrogens (tertiary/aromatic N) is 5. The number of aryl methyl sites for hydroxylation is 2. The second-order valence-electron chi connectivity index (χ2n) is 7.76. The average Bonchev–Trinajstić information content (AvgIpc) is 3.16. The van der Waals surface area contributed by atoms with Gasteiger partial charge in [0.15, 0.2) is 11.2 Å². The van der Waals surface area contributed by atoms with E-state index in [2.05, 4.69) is 15.5 Å². The number of nitrogens with one attached hydrogen (secondary N) is 1. The third-order valence-electron chi connectivity index (χ3n) is 5.34. The summed E-state index contributed by atoms with van der Waals surface area (Å²) in [7, 11) is 3.06. The zero-order valence-electron chi connectivity index (χ0n) is 19.1. The molecule has 0 spiro atoms. The molecule has 0 radical (unpaired) electrons. The van der Waals surface area contributed by atoms with Crippen LogP contribution in [0.4, 0.5) is 5.95 Å². The minimum absolute atomic E-state index is 0.300. The minimum Gasteiger partial charge on any atom is -0.494 e. The standard InChI is InChI=1S/C24H26N6O3/c1-5-33-19-11-9-17(10-12-19)14-25-27-23-26-21-20(22(31)29(4)24(32)28(21)3)30(23)15-18-8-6-7-16(2)13-18/h6-14H,5,15H2,1-4H3,(H,26,27)/b25-14+. The van der Waals surface area contributed by atoms with Crippen LogP contribution in [-0.2, 0) is 20.6 Å². The zero-order valence-corrected chi connectivity index (χ0v) is 19.1. The highest BCUT2D eigenvalue weighted by atomic mass is 16.5. The van der Waals surface area contributed by atoms with Crippen molar-refractivity contribution in [3.8, 4) is 5.75 Å². The SMILES string of the molecule is CCOc1ccc(/C=N/Nc2nc3c(c(=O)n(C)c(=O)n3C)n2Cc2cccc(C)c2)cc1. The molecule has 0 aliphatic rings. The molecule has 0 unspecified atom stereocenters. The van der Waals surface area contributed by atoms with Crippen LogP contribution >= 0.6 is 0 Å². The fourth-order valence-electron chi connectivity index (χ4n) is 3.66. The first-order valence-electron chi connectivity index (χ1n) is 10.6. The van der Waals surface area contributed by atoms with Crippen LogP contribution in [0.1, 0.15) is 23.6 Å². The Morgan fingerprint density at radius 2 is 1.85 bits per heavy atom. The second-order valence-corrected chi connectivity index (χ2v) is 7.76. The van der Waals surface area contributed by atoms with Gasteiger partial charge in [-0.05, 0) is 49.2 Å². The molecule has 4 aromatic rings. The molecular weight excluding hydrogens is 420 g/mol. The van der Waals surface area contributed by atoms with Crippen molar-refractivity contribution >= 4 is 23.3 Å². The summed E-state index contributed by atoms with van der Waals surface area (Å²) in [5, 5.41) is 4.31. The van der Waals surface area contributed by atoms with E-state index in [1.807, 2.05) is 62.4 Å². The van der Waals surface area contributed by atoms with Crippen molar-refractivity contribution in [3.63, 3.8) is 0 Å². The molecule has 2 aromatic heterocycles. The molecule has 0 atom stereocenters. The molecule has 1 N–H and O–H groups in total. The second kappa shape index (κ2) is 9.15. The molecular formula is C24H26N6O3. The third kappa shape index (κ3) is 4.43. The van der Waals surface area contributed by atoms with Crippen molar-refractivity contribution in [2.75, 3.05) is 12.0 Å². The van der Waals surface area contributed by atoms with Crippen molar-refractivity contribution in [1.82, 2.24) is 18.7 Å². The topological polar surface area (TPSA) is 95.4 Å². The molecule has 2 aromatic carbocycles. The smallest absolute Gasteiger partial charge is 0.332 e. The number of benzene rings is 2. The van der Waals surface area contributed by atoms with Crippen LogP contribution in [0.3, 0.4) is 0 Å². The Labute approximate surface area is 190 Å². The highest BCUT2D eigenvalue weighted by Crippen LogP contribution is 2.19. The van der Waals surface area contributed by atoms with Gasteiger partial charge < -0.3 is 4.74 Å². The molecule has 0 saturated heterocycles. The summed E-state index contributed by atoms with van der Waals surface area (Å²) in [4.78, 5) is 29.9. The molecule has 9 heteroatoms. The Bertz CT molecular complexity index is 1440. The number of aromatic nitrogens is 4. The van der Waals surface area contributed by atoms with E-state index in [1.165, 1.54) is 11.6 Å². The first-order chi connectivity index (χ1) is 15.9. The van der Waals surface area contributed by atoms with E-state index < -0.39 is 11.2 Å². The molecule has 0 aliphatic carbocycles. The highest BCUT2D eigenvalue weighted by Gasteiger charge is 2.19. The average molecular weight is 447 g/mol. The lowest BCUT2D eigenvalue weighted by atomic mass is 10.1.